The molecular weight excluding hydrogens is 244 g/mol. The summed E-state index contributed by atoms with van der Waals surface area (Å²) in [5.41, 5.74) is 0.962. The van der Waals surface area contributed by atoms with Crippen LogP contribution in [0.25, 0.3) is 6.08 Å². The molecule has 0 aromatic heterocycles. The lowest BCUT2D eigenvalue weighted by Gasteiger charge is -1.91. The van der Waals surface area contributed by atoms with E-state index in [4.69, 9.17) is 5.11 Å². The van der Waals surface area contributed by atoms with Gasteiger partial charge in [-0.15, -0.1) is 6.58 Å². The van der Waals surface area contributed by atoms with Gasteiger partial charge in [-0.3, -0.25) is 4.79 Å². The summed E-state index contributed by atoms with van der Waals surface area (Å²) < 4.78 is 4.50. The molecule has 0 radical (unpaired) electrons. The van der Waals surface area contributed by atoms with E-state index in [0.717, 1.165) is 11.8 Å². The van der Waals surface area contributed by atoms with Crippen LogP contribution >= 0.6 is 0 Å². The number of hydrogen-bond donors (Lipinski definition) is 1. The largest absolute Gasteiger partial charge is 0.481 e. The first kappa shape index (κ1) is 16.4. The summed E-state index contributed by atoms with van der Waals surface area (Å²) in [5, 5.41) is 7.84. The molecule has 1 N–H and O–H groups in total. The Bertz CT molecular complexity index is 446. The minimum atomic E-state index is -0.829. The highest BCUT2D eigenvalue weighted by Crippen LogP contribution is 2.00. The first-order chi connectivity index (χ1) is 9.10. The maximum absolute atomic E-state index is 10.8. The number of benzene rings is 1. The van der Waals surface area contributed by atoms with Gasteiger partial charge in [0.1, 0.15) is 0 Å². The third-order valence-electron chi connectivity index (χ3n) is 1.73. The first-order valence-electron chi connectivity index (χ1n) is 5.47. The number of ether oxygens (including phenoxy) is 1. The predicted molar refractivity (Wildman–Crippen MR) is 74.2 cm³/mol. The van der Waals surface area contributed by atoms with Gasteiger partial charge in [0.25, 0.3) is 0 Å². The number of carbonyl (C=O) groups excluding carboxylic acids is 1. The van der Waals surface area contributed by atoms with Gasteiger partial charge in [0, 0.05) is 6.08 Å². The number of hydrogen-bond acceptors (Lipinski definition) is 3. The van der Waals surface area contributed by atoms with Crippen LogP contribution in [0.15, 0.2) is 61.9 Å². The minimum Gasteiger partial charge on any atom is -0.481 e. The highest BCUT2D eigenvalue weighted by Gasteiger charge is 1.91. The molecule has 0 spiro atoms. The Kier molecular flexibility index (Phi) is 9.08. The number of rotatable bonds is 5. The number of carboxylic acid groups (broad SMARTS) is 1. The molecule has 0 saturated heterocycles. The van der Waals surface area contributed by atoms with Gasteiger partial charge < -0.3 is 9.84 Å². The van der Waals surface area contributed by atoms with Gasteiger partial charge in [-0.2, -0.15) is 0 Å². The molecule has 100 valence electrons. The lowest BCUT2D eigenvalue weighted by atomic mass is 10.2. The van der Waals surface area contributed by atoms with Crippen molar-refractivity contribution in [3.63, 3.8) is 0 Å². The quantitative estimate of drug-likeness (QED) is 0.382. The molecule has 0 saturated carbocycles. The van der Waals surface area contributed by atoms with Crippen LogP contribution in [0, 0.1) is 0 Å². The van der Waals surface area contributed by atoms with E-state index in [1.807, 2.05) is 30.3 Å². The van der Waals surface area contributed by atoms with Crippen molar-refractivity contribution in [2.45, 2.75) is 6.42 Å². The van der Waals surface area contributed by atoms with Gasteiger partial charge in [0.05, 0.1) is 12.7 Å². The summed E-state index contributed by atoms with van der Waals surface area (Å²) in [6.45, 7) is 6.50. The Morgan fingerprint density at radius 1 is 1.21 bits per heavy atom. The van der Waals surface area contributed by atoms with Crippen LogP contribution in [0.4, 0.5) is 0 Å². The Morgan fingerprint density at radius 2 is 1.84 bits per heavy atom. The van der Waals surface area contributed by atoms with E-state index in [1.54, 1.807) is 6.08 Å². The summed E-state index contributed by atoms with van der Waals surface area (Å²) in [5.74, 6) is -1.25. The first-order valence-corrected chi connectivity index (χ1v) is 5.47. The summed E-state index contributed by atoms with van der Waals surface area (Å²) >= 11 is 0. The monoisotopic (exact) mass is 260 g/mol. The average molecular weight is 260 g/mol. The topological polar surface area (TPSA) is 63.6 Å². The van der Waals surface area contributed by atoms with Gasteiger partial charge in [-0.1, -0.05) is 43.0 Å². The fourth-order valence-electron chi connectivity index (χ4n) is 0.973. The smallest absolute Gasteiger partial charge is 0.335 e. The molecule has 4 nitrogen and oxygen atoms in total. The standard InChI is InChI=1S/C11H10O2.C4H6O2/c1-2-13-11(12)9-8-10-6-4-3-5-7-10;1-2-3-4(5)6/h2-9H,1H2;2H,1,3H2,(H,5,6). The van der Waals surface area contributed by atoms with E-state index in [0.29, 0.717) is 0 Å². The van der Waals surface area contributed by atoms with Crippen molar-refractivity contribution >= 4 is 18.0 Å². The molecule has 4 heteroatoms. The Morgan fingerprint density at radius 3 is 2.26 bits per heavy atom. The molecule has 0 unspecified atom stereocenters. The molecule has 1 aromatic carbocycles. The molecule has 0 bridgehead atoms. The van der Waals surface area contributed by atoms with Crippen molar-refractivity contribution in [1.29, 1.82) is 0 Å². The fraction of sp³-hybridized carbons (Fsp3) is 0.0667. The van der Waals surface area contributed by atoms with Crippen molar-refractivity contribution in [3.05, 3.63) is 67.5 Å². The van der Waals surface area contributed by atoms with Crippen LogP contribution in [0.5, 0.6) is 0 Å². The highest BCUT2D eigenvalue weighted by atomic mass is 16.5. The third kappa shape index (κ3) is 10.3. The van der Waals surface area contributed by atoms with Gasteiger partial charge in [0.2, 0.25) is 0 Å². The lowest BCUT2D eigenvalue weighted by molar-refractivity contribution is -0.136. The number of aliphatic carboxylic acids is 1. The lowest BCUT2D eigenvalue weighted by Crippen LogP contribution is -1.92. The second-order valence-corrected chi connectivity index (χ2v) is 3.23. The molecule has 1 rings (SSSR count). The molecule has 0 fully saturated rings. The third-order valence-corrected chi connectivity index (χ3v) is 1.73. The van der Waals surface area contributed by atoms with Crippen LogP contribution in [0.3, 0.4) is 0 Å². The average Bonchev–Trinajstić information content (AvgIpc) is 2.38. The molecule has 0 atom stereocenters. The predicted octanol–water partition coefficient (Wildman–Crippen LogP) is 3.03. The Hall–Kier alpha value is -2.62. The molecule has 0 aliphatic heterocycles. The Labute approximate surface area is 112 Å². The maximum Gasteiger partial charge on any atom is 0.335 e. The second kappa shape index (κ2) is 10.5. The van der Waals surface area contributed by atoms with E-state index < -0.39 is 11.9 Å². The summed E-state index contributed by atoms with van der Waals surface area (Å²) in [6.07, 6.45) is 5.56. The fourth-order valence-corrected chi connectivity index (χ4v) is 0.973. The van der Waals surface area contributed by atoms with Gasteiger partial charge in [-0.05, 0) is 11.6 Å². The van der Waals surface area contributed by atoms with Gasteiger partial charge in [-0.25, -0.2) is 4.79 Å². The molecule has 1 aromatic rings. The van der Waals surface area contributed by atoms with E-state index in [-0.39, 0.29) is 6.42 Å². The molecule has 19 heavy (non-hydrogen) atoms. The van der Waals surface area contributed by atoms with Crippen LogP contribution in [-0.2, 0) is 14.3 Å². The number of carboxylic acids is 1. The van der Waals surface area contributed by atoms with Crippen LogP contribution < -0.4 is 0 Å². The zero-order chi connectivity index (χ0) is 14.5. The van der Waals surface area contributed by atoms with Crippen molar-refractivity contribution < 1.29 is 19.4 Å². The highest BCUT2D eigenvalue weighted by molar-refractivity contribution is 5.87. The number of carbonyl (C=O) groups is 2. The zero-order valence-corrected chi connectivity index (χ0v) is 10.5. The van der Waals surface area contributed by atoms with Crippen LogP contribution in [0.1, 0.15) is 12.0 Å². The van der Waals surface area contributed by atoms with E-state index in [1.165, 1.54) is 12.2 Å². The van der Waals surface area contributed by atoms with Crippen molar-refractivity contribution in [2.75, 3.05) is 0 Å². The normalized spacial score (nSPS) is 9.05. The second-order valence-electron chi connectivity index (χ2n) is 3.23. The van der Waals surface area contributed by atoms with Crippen LogP contribution in [0.2, 0.25) is 0 Å². The summed E-state index contributed by atoms with van der Waals surface area (Å²) in [7, 11) is 0. The number of esters is 1. The molecule has 0 aliphatic carbocycles. The molecular formula is C15H16O4. The van der Waals surface area contributed by atoms with E-state index >= 15 is 0 Å². The van der Waals surface area contributed by atoms with Gasteiger partial charge in [0.15, 0.2) is 0 Å². The van der Waals surface area contributed by atoms with Crippen LogP contribution in [-0.4, -0.2) is 17.0 Å². The zero-order valence-electron chi connectivity index (χ0n) is 10.5. The van der Waals surface area contributed by atoms with E-state index in [2.05, 4.69) is 17.9 Å². The molecule has 0 aliphatic rings. The SMILES string of the molecule is C=CCC(=O)O.C=COC(=O)C=Cc1ccccc1. The maximum atomic E-state index is 10.8. The van der Waals surface area contributed by atoms with Crippen molar-refractivity contribution in [1.82, 2.24) is 0 Å². The van der Waals surface area contributed by atoms with E-state index in [9.17, 15) is 9.59 Å². The molecule has 0 amide bonds. The Balaban J connectivity index is 0.000000459. The summed E-state index contributed by atoms with van der Waals surface area (Å²) in [6, 6.07) is 9.52. The van der Waals surface area contributed by atoms with Crippen molar-refractivity contribution in [3.8, 4) is 0 Å². The van der Waals surface area contributed by atoms with Crippen molar-refractivity contribution in [2.24, 2.45) is 0 Å². The van der Waals surface area contributed by atoms with Gasteiger partial charge >= 0.3 is 11.9 Å². The summed E-state index contributed by atoms with van der Waals surface area (Å²) in [4.78, 5) is 20.4. The molecule has 0 heterocycles. The minimum absolute atomic E-state index is 0.0556.